The number of piperidine rings is 1. The summed E-state index contributed by atoms with van der Waals surface area (Å²) in [5, 5.41) is 21.0. The van der Waals surface area contributed by atoms with E-state index in [4.69, 9.17) is 21.4 Å². The Morgan fingerprint density at radius 1 is 0.904 bits per heavy atom. The molecule has 0 spiro atoms. The molecule has 2 fully saturated rings. The molecular weight excluding hydrogens is 674 g/mol. The predicted molar refractivity (Wildman–Crippen MR) is 205 cm³/mol. The van der Waals surface area contributed by atoms with Crippen molar-refractivity contribution >= 4 is 35.0 Å². The maximum absolute atomic E-state index is 13.8. The Morgan fingerprint density at radius 3 is 2.46 bits per heavy atom. The molecule has 0 bridgehead atoms. The standard InChI is InChI=1S/C40H48ClN9O2/c1-40(2,3)35-24-37(50(46-35)28-13-15-32(41)27(23-28)25-47-19-9-10-20-47)43-38(51)42-33-16-17-34(31-12-6-5-11-30(31)33)52-29-14-18-36-44-45-39(49(36)26-29)48-21-7-4-8-22-48/h5-6,11-15,18,23-24,26,33-34H,4,7-10,16-17,19-22,25H2,1-3H3,(H2,42,43,51). The predicted octanol–water partition coefficient (Wildman–Crippen LogP) is 8.23. The second kappa shape index (κ2) is 14.4. The monoisotopic (exact) mass is 721 g/mol. The molecule has 2 aliphatic heterocycles. The lowest BCUT2D eigenvalue weighted by Crippen LogP contribution is -2.36. The number of halogens is 1. The van der Waals surface area contributed by atoms with Crippen LogP contribution in [0.25, 0.3) is 11.3 Å². The third-order valence-electron chi connectivity index (χ3n) is 10.6. The summed E-state index contributed by atoms with van der Waals surface area (Å²) in [6.45, 7) is 11.3. The van der Waals surface area contributed by atoms with Gasteiger partial charge in [0.05, 0.1) is 23.6 Å². The first kappa shape index (κ1) is 34.5. The fraction of sp³-hybridized carbons (Fsp3) is 0.450. The van der Waals surface area contributed by atoms with Gasteiger partial charge in [-0.25, -0.2) is 9.48 Å². The van der Waals surface area contributed by atoms with Crippen molar-refractivity contribution in [2.75, 3.05) is 36.4 Å². The van der Waals surface area contributed by atoms with Gasteiger partial charge in [0.2, 0.25) is 5.95 Å². The number of rotatable bonds is 8. The van der Waals surface area contributed by atoms with Crippen LogP contribution in [0.5, 0.6) is 5.75 Å². The number of carbonyl (C=O) groups is 1. The number of hydrogen-bond donors (Lipinski definition) is 2. The molecule has 0 radical (unpaired) electrons. The first-order valence-corrected chi connectivity index (χ1v) is 19.1. The van der Waals surface area contributed by atoms with Gasteiger partial charge in [-0.05, 0) is 105 Å². The molecule has 5 aromatic rings. The molecule has 2 atom stereocenters. The molecule has 272 valence electrons. The molecule has 2 amide bonds. The van der Waals surface area contributed by atoms with Crippen molar-refractivity contribution in [3.8, 4) is 11.4 Å². The largest absolute Gasteiger partial charge is 0.484 e. The Hall–Kier alpha value is -4.61. The van der Waals surface area contributed by atoms with E-state index < -0.39 is 0 Å². The van der Waals surface area contributed by atoms with E-state index in [-0.39, 0.29) is 23.6 Å². The van der Waals surface area contributed by atoms with Crippen LogP contribution in [0.15, 0.2) is 66.9 Å². The van der Waals surface area contributed by atoms with Gasteiger partial charge in [0, 0.05) is 36.1 Å². The van der Waals surface area contributed by atoms with E-state index in [0.29, 0.717) is 5.82 Å². The van der Waals surface area contributed by atoms with Crippen LogP contribution < -0.4 is 20.3 Å². The number of urea groups is 1. The number of benzene rings is 2. The van der Waals surface area contributed by atoms with E-state index in [1.54, 1.807) is 0 Å². The zero-order chi connectivity index (χ0) is 35.8. The van der Waals surface area contributed by atoms with Crippen LogP contribution in [0, 0.1) is 0 Å². The zero-order valence-corrected chi connectivity index (χ0v) is 31.1. The third-order valence-corrected chi connectivity index (χ3v) is 11.0. The van der Waals surface area contributed by atoms with Crippen molar-refractivity contribution in [2.24, 2.45) is 0 Å². The van der Waals surface area contributed by atoms with Crippen LogP contribution in [0.3, 0.4) is 0 Å². The van der Waals surface area contributed by atoms with E-state index in [2.05, 4.69) is 69.6 Å². The van der Waals surface area contributed by atoms with E-state index in [0.717, 1.165) is 96.0 Å². The Bertz CT molecular complexity index is 2060. The molecule has 2 unspecified atom stereocenters. The number of nitrogens with one attached hydrogen (secondary N) is 2. The lowest BCUT2D eigenvalue weighted by Gasteiger charge is -2.32. The molecule has 52 heavy (non-hydrogen) atoms. The van der Waals surface area contributed by atoms with Gasteiger partial charge >= 0.3 is 6.03 Å². The highest BCUT2D eigenvalue weighted by molar-refractivity contribution is 6.31. The Kier molecular flexibility index (Phi) is 9.57. The molecule has 1 aliphatic carbocycles. The van der Waals surface area contributed by atoms with Crippen LogP contribution in [-0.4, -0.2) is 61.5 Å². The summed E-state index contributed by atoms with van der Waals surface area (Å²) in [6.07, 6.45) is 9.35. The van der Waals surface area contributed by atoms with Gasteiger partial charge in [0.1, 0.15) is 17.7 Å². The molecule has 3 aliphatic rings. The Labute approximate surface area is 310 Å². The van der Waals surface area contributed by atoms with Crippen molar-refractivity contribution in [1.29, 1.82) is 0 Å². The number of fused-ring (bicyclic) bond motifs is 2. The number of likely N-dealkylation sites (tertiary alicyclic amines) is 1. The molecule has 0 saturated carbocycles. The van der Waals surface area contributed by atoms with Gasteiger partial charge in [0.25, 0.3) is 0 Å². The van der Waals surface area contributed by atoms with Crippen molar-refractivity contribution < 1.29 is 9.53 Å². The molecule has 5 heterocycles. The van der Waals surface area contributed by atoms with Crippen molar-refractivity contribution in [3.63, 3.8) is 0 Å². The number of hydrogen-bond acceptors (Lipinski definition) is 7. The maximum atomic E-state index is 13.8. The number of ether oxygens (including phenoxy) is 1. The summed E-state index contributed by atoms with van der Waals surface area (Å²) in [4.78, 5) is 18.5. The highest BCUT2D eigenvalue weighted by Gasteiger charge is 2.30. The minimum absolute atomic E-state index is 0.153. The number of pyridine rings is 1. The van der Waals surface area contributed by atoms with Crippen LogP contribution in [0.2, 0.25) is 5.02 Å². The van der Waals surface area contributed by atoms with Crippen molar-refractivity contribution in [3.05, 3.63) is 94.3 Å². The average molecular weight is 722 g/mol. The molecule has 11 nitrogen and oxygen atoms in total. The first-order valence-electron chi connectivity index (χ1n) is 18.7. The van der Waals surface area contributed by atoms with E-state index in [1.807, 2.05) is 57.7 Å². The number of nitrogens with zero attached hydrogens (tertiary/aromatic N) is 7. The van der Waals surface area contributed by atoms with Gasteiger partial charge in [0.15, 0.2) is 5.65 Å². The Morgan fingerprint density at radius 2 is 1.67 bits per heavy atom. The lowest BCUT2D eigenvalue weighted by atomic mass is 9.85. The van der Waals surface area contributed by atoms with Gasteiger partial charge in [-0.2, -0.15) is 5.10 Å². The number of amides is 2. The second-order valence-electron chi connectivity index (χ2n) is 15.4. The summed E-state index contributed by atoms with van der Waals surface area (Å²) in [5.41, 5.74) is 5.53. The van der Waals surface area contributed by atoms with Gasteiger partial charge in [-0.1, -0.05) is 56.6 Å². The Balaban J connectivity index is 0.997. The highest BCUT2D eigenvalue weighted by atomic mass is 35.5. The van der Waals surface area contributed by atoms with Gasteiger partial charge < -0.3 is 15.0 Å². The van der Waals surface area contributed by atoms with Gasteiger partial charge in [-0.3, -0.25) is 14.6 Å². The molecule has 2 N–H and O–H groups in total. The second-order valence-corrected chi connectivity index (χ2v) is 15.8. The third kappa shape index (κ3) is 7.21. The summed E-state index contributed by atoms with van der Waals surface area (Å²) < 4.78 is 10.5. The number of anilines is 2. The van der Waals surface area contributed by atoms with Crippen molar-refractivity contribution in [2.45, 2.75) is 89.8 Å². The summed E-state index contributed by atoms with van der Waals surface area (Å²) in [5.74, 6) is 2.24. The topological polar surface area (TPSA) is 105 Å². The van der Waals surface area contributed by atoms with E-state index >= 15 is 0 Å². The lowest BCUT2D eigenvalue weighted by molar-refractivity contribution is 0.171. The minimum atomic E-state index is -0.282. The fourth-order valence-corrected chi connectivity index (χ4v) is 7.94. The summed E-state index contributed by atoms with van der Waals surface area (Å²) in [7, 11) is 0. The molecule has 12 heteroatoms. The smallest absolute Gasteiger partial charge is 0.320 e. The van der Waals surface area contributed by atoms with Gasteiger partial charge in [-0.15, -0.1) is 10.2 Å². The number of aromatic nitrogens is 5. The van der Waals surface area contributed by atoms with Crippen LogP contribution in [0.4, 0.5) is 16.6 Å². The van der Waals surface area contributed by atoms with E-state index in [9.17, 15) is 4.79 Å². The van der Waals surface area contributed by atoms with Crippen LogP contribution in [-0.2, 0) is 12.0 Å². The normalized spacial score (nSPS) is 19.5. The molecule has 3 aromatic heterocycles. The average Bonchev–Trinajstić information content (AvgIpc) is 3.91. The molecule has 2 aromatic carbocycles. The number of carbonyl (C=O) groups excluding carboxylic acids is 1. The quantitative estimate of drug-likeness (QED) is 0.166. The molecular formula is C40H48ClN9O2. The first-order chi connectivity index (χ1) is 25.2. The highest BCUT2D eigenvalue weighted by Crippen LogP contribution is 2.39. The zero-order valence-electron chi connectivity index (χ0n) is 30.3. The maximum Gasteiger partial charge on any atom is 0.320 e. The minimum Gasteiger partial charge on any atom is -0.484 e. The SMILES string of the molecule is CC(C)(C)c1cc(NC(=O)NC2CCC(Oc3ccc4nnc(N5CCCCC5)n4c3)c3ccccc32)n(-c2ccc(Cl)c(CN3CCCC3)c2)n1. The summed E-state index contributed by atoms with van der Waals surface area (Å²) in [6, 6.07) is 19.7. The summed E-state index contributed by atoms with van der Waals surface area (Å²) >= 11 is 6.67. The van der Waals surface area contributed by atoms with Crippen LogP contribution >= 0.6 is 11.6 Å². The molecule has 8 rings (SSSR count). The fourth-order valence-electron chi connectivity index (χ4n) is 7.77. The van der Waals surface area contributed by atoms with Crippen molar-refractivity contribution in [1.82, 2.24) is 34.6 Å². The molecule has 2 saturated heterocycles. The van der Waals surface area contributed by atoms with E-state index in [1.165, 1.54) is 32.1 Å². The van der Waals surface area contributed by atoms with Crippen LogP contribution in [0.1, 0.15) is 100 Å².